The van der Waals surface area contributed by atoms with Crippen molar-refractivity contribution in [2.24, 2.45) is 5.92 Å². The molecule has 1 fully saturated rings. The highest BCUT2D eigenvalue weighted by Crippen LogP contribution is 2.25. The first-order valence-electron chi connectivity index (χ1n) is 6.27. The van der Waals surface area contributed by atoms with Gasteiger partial charge in [0.25, 0.3) is 0 Å². The van der Waals surface area contributed by atoms with E-state index in [9.17, 15) is 4.79 Å². The Balaban J connectivity index is 2.04. The van der Waals surface area contributed by atoms with Crippen molar-refractivity contribution in [1.29, 1.82) is 0 Å². The average Bonchev–Trinajstić information content (AvgIpc) is 2.38. The number of carbonyl (C=O) groups is 1. The van der Waals surface area contributed by atoms with Gasteiger partial charge in [0.2, 0.25) is 0 Å². The molecule has 2 rings (SSSR count). The second-order valence-electron chi connectivity index (χ2n) is 4.69. The van der Waals surface area contributed by atoms with E-state index >= 15 is 0 Å². The van der Waals surface area contributed by atoms with Gasteiger partial charge in [0, 0.05) is 0 Å². The first-order chi connectivity index (χ1) is 8.25. The maximum atomic E-state index is 10.8. The molecule has 0 spiro atoms. The highest BCUT2D eigenvalue weighted by atomic mass is 16.4. The molecule has 1 aliphatic rings. The maximum absolute atomic E-state index is 10.8. The van der Waals surface area contributed by atoms with Gasteiger partial charge in [-0.15, -0.1) is 0 Å². The number of allylic oxidation sites excluding steroid dienone is 1. The molecule has 1 saturated carbocycles. The van der Waals surface area contributed by atoms with Gasteiger partial charge in [-0.25, -0.2) is 4.79 Å². The van der Waals surface area contributed by atoms with Gasteiger partial charge in [0.05, 0.1) is 5.56 Å². The topological polar surface area (TPSA) is 37.3 Å². The second kappa shape index (κ2) is 5.67. The number of carboxylic acid groups (broad SMARTS) is 1. The number of carboxylic acids is 1. The zero-order valence-corrected chi connectivity index (χ0v) is 9.93. The van der Waals surface area contributed by atoms with Gasteiger partial charge in [0.15, 0.2) is 0 Å². The zero-order valence-electron chi connectivity index (χ0n) is 9.93. The first-order valence-corrected chi connectivity index (χ1v) is 6.27. The Hall–Kier alpha value is -1.57. The van der Waals surface area contributed by atoms with Gasteiger partial charge >= 0.3 is 5.97 Å². The Morgan fingerprint density at radius 1 is 1.24 bits per heavy atom. The minimum absolute atomic E-state index is 0.357. The predicted octanol–water partition coefficient (Wildman–Crippen LogP) is 3.98. The van der Waals surface area contributed by atoms with E-state index in [1.54, 1.807) is 18.2 Å². The largest absolute Gasteiger partial charge is 0.478 e. The van der Waals surface area contributed by atoms with Gasteiger partial charge < -0.3 is 5.11 Å². The Kier molecular flexibility index (Phi) is 3.97. The van der Waals surface area contributed by atoms with Crippen LogP contribution in [0.25, 0.3) is 6.08 Å². The van der Waals surface area contributed by atoms with Gasteiger partial charge in [-0.05, 0) is 36.5 Å². The average molecular weight is 230 g/mol. The smallest absolute Gasteiger partial charge is 0.335 e. The lowest BCUT2D eigenvalue weighted by Crippen LogP contribution is -2.02. The van der Waals surface area contributed by atoms with Crippen molar-refractivity contribution >= 4 is 12.0 Å². The lowest BCUT2D eigenvalue weighted by atomic mass is 9.89. The van der Waals surface area contributed by atoms with Crippen molar-refractivity contribution in [3.8, 4) is 0 Å². The van der Waals surface area contributed by atoms with Crippen molar-refractivity contribution in [2.75, 3.05) is 0 Å². The molecule has 0 aliphatic heterocycles. The summed E-state index contributed by atoms with van der Waals surface area (Å²) in [4.78, 5) is 10.8. The summed E-state index contributed by atoms with van der Waals surface area (Å²) in [7, 11) is 0. The number of rotatable bonds is 3. The quantitative estimate of drug-likeness (QED) is 0.852. The van der Waals surface area contributed by atoms with Crippen LogP contribution in [0.5, 0.6) is 0 Å². The van der Waals surface area contributed by atoms with Crippen LogP contribution in [0.1, 0.15) is 48.0 Å². The van der Waals surface area contributed by atoms with Crippen LogP contribution in [0.4, 0.5) is 0 Å². The van der Waals surface area contributed by atoms with Crippen LogP contribution in [-0.4, -0.2) is 11.1 Å². The van der Waals surface area contributed by atoms with Gasteiger partial charge in [0.1, 0.15) is 0 Å². The van der Waals surface area contributed by atoms with E-state index in [2.05, 4.69) is 12.2 Å². The highest BCUT2D eigenvalue weighted by Gasteiger charge is 2.09. The molecule has 1 aromatic carbocycles. The molecular formula is C15H18O2. The minimum atomic E-state index is -0.863. The molecule has 0 radical (unpaired) electrons. The maximum Gasteiger partial charge on any atom is 0.335 e. The third-order valence-corrected chi connectivity index (χ3v) is 3.34. The molecule has 0 unspecified atom stereocenters. The van der Waals surface area contributed by atoms with Crippen LogP contribution < -0.4 is 0 Å². The van der Waals surface area contributed by atoms with Crippen LogP contribution in [0.15, 0.2) is 30.3 Å². The molecule has 0 atom stereocenters. The Labute approximate surface area is 102 Å². The van der Waals surface area contributed by atoms with Crippen molar-refractivity contribution in [1.82, 2.24) is 0 Å². The fourth-order valence-corrected chi connectivity index (χ4v) is 2.35. The SMILES string of the molecule is O=C(O)c1cccc(/C=C/C2CCCCC2)c1. The molecule has 0 heterocycles. The second-order valence-corrected chi connectivity index (χ2v) is 4.69. The predicted molar refractivity (Wildman–Crippen MR) is 69.0 cm³/mol. The van der Waals surface area contributed by atoms with Crippen LogP contribution in [0.2, 0.25) is 0 Å². The Morgan fingerprint density at radius 3 is 2.71 bits per heavy atom. The zero-order chi connectivity index (χ0) is 12.1. The number of aromatic carboxylic acids is 1. The van der Waals surface area contributed by atoms with Crippen LogP contribution in [0.3, 0.4) is 0 Å². The third-order valence-electron chi connectivity index (χ3n) is 3.34. The van der Waals surface area contributed by atoms with Crippen molar-refractivity contribution in [3.05, 3.63) is 41.5 Å². The molecule has 17 heavy (non-hydrogen) atoms. The fraction of sp³-hybridized carbons (Fsp3) is 0.400. The molecule has 90 valence electrons. The van der Waals surface area contributed by atoms with E-state index in [4.69, 9.17) is 5.11 Å². The molecule has 1 N–H and O–H groups in total. The summed E-state index contributed by atoms with van der Waals surface area (Å²) in [6.07, 6.45) is 10.8. The molecule has 0 bridgehead atoms. The summed E-state index contributed by atoms with van der Waals surface area (Å²) in [5.74, 6) is -0.185. The van der Waals surface area contributed by atoms with Crippen LogP contribution >= 0.6 is 0 Å². The summed E-state index contributed by atoms with van der Waals surface area (Å²) in [5.41, 5.74) is 1.34. The molecule has 2 heteroatoms. The summed E-state index contributed by atoms with van der Waals surface area (Å²) in [6, 6.07) is 7.09. The molecule has 0 amide bonds. The number of benzene rings is 1. The standard InChI is InChI=1S/C15H18O2/c16-15(17)14-8-4-7-13(11-14)10-9-12-5-2-1-3-6-12/h4,7-12H,1-3,5-6H2,(H,16,17)/b10-9+. The summed E-state index contributed by atoms with van der Waals surface area (Å²) < 4.78 is 0. The third kappa shape index (κ3) is 3.45. The van der Waals surface area contributed by atoms with Crippen molar-refractivity contribution in [2.45, 2.75) is 32.1 Å². The van der Waals surface area contributed by atoms with Gasteiger partial charge in [-0.3, -0.25) is 0 Å². The fourth-order valence-electron chi connectivity index (χ4n) is 2.35. The lowest BCUT2D eigenvalue weighted by molar-refractivity contribution is 0.0697. The Morgan fingerprint density at radius 2 is 2.00 bits per heavy atom. The highest BCUT2D eigenvalue weighted by molar-refractivity contribution is 5.88. The molecule has 0 saturated heterocycles. The minimum Gasteiger partial charge on any atom is -0.478 e. The molecule has 0 aromatic heterocycles. The number of hydrogen-bond acceptors (Lipinski definition) is 1. The van der Waals surface area contributed by atoms with E-state index in [0.717, 1.165) is 5.56 Å². The molecule has 2 nitrogen and oxygen atoms in total. The van der Waals surface area contributed by atoms with Gasteiger partial charge in [-0.1, -0.05) is 43.5 Å². The van der Waals surface area contributed by atoms with Crippen LogP contribution in [-0.2, 0) is 0 Å². The normalized spacial score (nSPS) is 17.4. The van der Waals surface area contributed by atoms with E-state index in [0.29, 0.717) is 11.5 Å². The Bertz CT molecular complexity index is 415. The van der Waals surface area contributed by atoms with Crippen molar-refractivity contribution < 1.29 is 9.90 Å². The first kappa shape index (κ1) is 11.9. The van der Waals surface area contributed by atoms with Crippen molar-refractivity contribution in [3.63, 3.8) is 0 Å². The molecule has 1 aromatic rings. The summed E-state index contributed by atoms with van der Waals surface area (Å²) in [6.45, 7) is 0. The van der Waals surface area contributed by atoms with E-state index < -0.39 is 5.97 Å². The van der Waals surface area contributed by atoms with E-state index in [-0.39, 0.29) is 0 Å². The monoisotopic (exact) mass is 230 g/mol. The lowest BCUT2D eigenvalue weighted by Gasteiger charge is -2.17. The molecular weight excluding hydrogens is 212 g/mol. The summed E-state index contributed by atoms with van der Waals surface area (Å²) >= 11 is 0. The van der Waals surface area contributed by atoms with Gasteiger partial charge in [-0.2, -0.15) is 0 Å². The summed E-state index contributed by atoms with van der Waals surface area (Å²) in [5, 5.41) is 8.90. The van der Waals surface area contributed by atoms with E-state index in [1.807, 2.05) is 6.07 Å². The molecule has 1 aliphatic carbocycles. The number of hydrogen-bond donors (Lipinski definition) is 1. The van der Waals surface area contributed by atoms with E-state index in [1.165, 1.54) is 32.1 Å². The van der Waals surface area contributed by atoms with Crippen LogP contribution in [0, 0.1) is 5.92 Å².